The molecule has 0 bridgehead atoms. The summed E-state index contributed by atoms with van der Waals surface area (Å²) in [5, 5.41) is 3.44. The van der Waals surface area contributed by atoms with Gasteiger partial charge in [0.25, 0.3) is 0 Å². The molecule has 2 aromatic rings. The van der Waals surface area contributed by atoms with Gasteiger partial charge < -0.3 is 5.32 Å². The van der Waals surface area contributed by atoms with Gasteiger partial charge in [0, 0.05) is 18.0 Å². The van der Waals surface area contributed by atoms with E-state index < -0.39 is 0 Å². The maximum absolute atomic E-state index is 12.4. The number of hydrogen-bond donors (Lipinski definition) is 1. The van der Waals surface area contributed by atoms with Crippen molar-refractivity contribution < 1.29 is 4.79 Å². The van der Waals surface area contributed by atoms with Crippen molar-refractivity contribution in [2.24, 2.45) is 0 Å². The Morgan fingerprint density at radius 1 is 1.00 bits per heavy atom. The fraction of sp³-hybridized carbons (Fsp3) is 0.318. The van der Waals surface area contributed by atoms with Gasteiger partial charge in [0.1, 0.15) is 0 Å². The highest BCUT2D eigenvalue weighted by Gasteiger charge is 2.17. The smallest absolute Gasteiger partial charge is 0.164 e. The number of carbonyl (C=O) groups excluding carboxylic acids is 1. The van der Waals surface area contributed by atoms with Crippen LogP contribution in [0.2, 0.25) is 0 Å². The Kier molecular flexibility index (Phi) is 5.60. The minimum atomic E-state index is 0.239. The van der Waals surface area contributed by atoms with Gasteiger partial charge in [-0.15, -0.1) is 0 Å². The number of hydrogen-bond acceptors (Lipinski definition) is 2. The van der Waals surface area contributed by atoms with Crippen LogP contribution in [0, 0.1) is 6.92 Å². The Labute approximate surface area is 144 Å². The predicted octanol–water partition coefficient (Wildman–Crippen LogP) is 4.88. The van der Waals surface area contributed by atoms with E-state index in [0.717, 1.165) is 24.1 Å². The van der Waals surface area contributed by atoms with Crippen molar-refractivity contribution in [3.8, 4) is 0 Å². The third kappa shape index (κ3) is 4.65. The minimum Gasteiger partial charge on any atom is -0.314 e. The van der Waals surface area contributed by atoms with E-state index in [2.05, 4.69) is 48.7 Å². The average molecular weight is 319 g/mol. The summed E-state index contributed by atoms with van der Waals surface area (Å²) in [6.45, 7) is 3.13. The van der Waals surface area contributed by atoms with Crippen LogP contribution in [0.4, 0.5) is 0 Å². The standard InChI is InChI=1S/C22H25NO/c1-17-5-7-18(8-6-17)9-10-19-11-13-20(14-12-19)22(24)16-21-4-2-3-15-23-21/h5-14,21,23H,2-4,15-16H2,1H3/b10-9+. The second-order valence-corrected chi connectivity index (χ2v) is 6.64. The van der Waals surface area contributed by atoms with Gasteiger partial charge in [0.15, 0.2) is 5.78 Å². The second-order valence-electron chi connectivity index (χ2n) is 6.64. The third-order valence-electron chi connectivity index (χ3n) is 4.62. The molecule has 0 spiro atoms. The molecule has 3 rings (SSSR count). The van der Waals surface area contributed by atoms with Crippen LogP contribution in [0.25, 0.3) is 12.2 Å². The van der Waals surface area contributed by atoms with E-state index in [1.165, 1.54) is 24.0 Å². The zero-order valence-electron chi connectivity index (χ0n) is 14.3. The molecular weight excluding hydrogens is 294 g/mol. The van der Waals surface area contributed by atoms with Gasteiger partial charge in [0.2, 0.25) is 0 Å². The van der Waals surface area contributed by atoms with Crippen molar-refractivity contribution in [1.29, 1.82) is 0 Å². The Bertz CT molecular complexity index is 692. The second kappa shape index (κ2) is 8.07. The maximum atomic E-state index is 12.4. The largest absolute Gasteiger partial charge is 0.314 e. The lowest BCUT2D eigenvalue weighted by molar-refractivity contribution is 0.0963. The maximum Gasteiger partial charge on any atom is 0.164 e. The lowest BCUT2D eigenvalue weighted by atomic mass is 9.96. The molecule has 0 radical (unpaired) electrons. The molecule has 0 saturated carbocycles. The lowest BCUT2D eigenvalue weighted by Crippen LogP contribution is -2.35. The number of carbonyl (C=O) groups is 1. The van der Waals surface area contributed by atoms with Crippen molar-refractivity contribution >= 4 is 17.9 Å². The summed E-state index contributed by atoms with van der Waals surface area (Å²) in [4.78, 5) is 12.4. The molecule has 2 heteroatoms. The molecule has 0 amide bonds. The molecule has 1 fully saturated rings. The molecule has 124 valence electrons. The molecule has 0 aromatic heterocycles. The molecule has 2 nitrogen and oxygen atoms in total. The zero-order chi connectivity index (χ0) is 16.8. The fourth-order valence-corrected chi connectivity index (χ4v) is 3.09. The van der Waals surface area contributed by atoms with Crippen LogP contribution in [-0.4, -0.2) is 18.4 Å². The van der Waals surface area contributed by atoms with Gasteiger partial charge >= 0.3 is 0 Å². The SMILES string of the molecule is Cc1ccc(/C=C/c2ccc(C(=O)CC3CCCCN3)cc2)cc1. The first-order chi connectivity index (χ1) is 11.7. The van der Waals surface area contributed by atoms with Gasteiger partial charge in [-0.1, -0.05) is 72.7 Å². The predicted molar refractivity (Wildman–Crippen MR) is 101 cm³/mol. The number of aryl methyl sites for hydroxylation is 1. The number of ketones is 1. The molecule has 1 atom stereocenters. The quantitative estimate of drug-likeness (QED) is 0.628. The highest BCUT2D eigenvalue weighted by atomic mass is 16.1. The summed E-state index contributed by atoms with van der Waals surface area (Å²) >= 11 is 0. The molecular formula is C22H25NO. The number of Topliss-reactive ketones (excluding diaryl/α,β-unsaturated/α-hetero) is 1. The first-order valence-electron chi connectivity index (χ1n) is 8.82. The monoisotopic (exact) mass is 319 g/mol. The van der Waals surface area contributed by atoms with Crippen molar-refractivity contribution in [1.82, 2.24) is 5.32 Å². The number of piperidine rings is 1. The van der Waals surface area contributed by atoms with Crippen molar-refractivity contribution in [3.63, 3.8) is 0 Å². The Morgan fingerprint density at radius 3 is 2.21 bits per heavy atom. The molecule has 1 heterocycles. The van der Waals surface area contributed by atoms with E-state index >= 15 is 0 Å². The first kappa shape index (κ1) is 16.7. The van der Waals surface area contributed by atoms with Crippen LogP contribution < -0.4 is 5.32 Å². The van der Waals surface area contributed by atoms with Crippen LogP contribution in [0.1, 0.15) is 52.7 Å². The Balaban J connectivity index is 1.60. The summed E-state index contributed by atoms with van der Waals surface area (Å²) in [7, 11) is 0. The topological polar surface area (TPSA) is 29.1 Å². The fourth-order valence-electron chi connectivity index (χ4n) is 3.09. The molecule has 1 aliphatic heterocycles. The van der Waals surface area contributed by atoms with E-state index in [4.69, 9.17) is 0 Å². The number of benzene rings is 2. The van der Waals surface area contributed by atoms with Gasteiger partial charge in [-0.05, 0) is 37.4 Å². The summed E-state index contributed by atoms with van der Waals surface area (Å²) in [5.74, 6) is 0.239. The highest BCUT2D eigenvalue weighted by Crippen LogP contribution is 2.15. The molecule has 2 aromatic carbocycles. The Morgan fingerprint density at radius 2 is 1.62 bits per heavy atom. The molecule has 1 saturated heterocycles. The van der Waals surface area contributed by atoms with Crippen LogP contribution >= 0.6 is 0 Å². The van der Waals surface area contributed by atoms with Crippen LogP contribution in [-0.2, 0) is 0 Å². The summed E-state index contributed by atoms with van der Waals surface area (Å²) in [6.07, 6.45) is 8.37. The average Bonchev–Trinajstić information content (AvgIpc) is 2.62. The molecule has 0 aliphatic carbocycles. The summed E-state index contributed by atoms with van der Waals surface area (Å²) < 4.78 is 0. The molecule has 24 heavy (non-hydrogen) atoms. The van der Waals surface area contributed by atoms with Gasteiger partial charge in [-0.3, -0.25) is 4.79 Å². The van der Waals surface area contributed by atoms with Crippen molar-refractivity contribution in [3.05, 3.63) is 70.8 Å². The van der Waals surface area contributed by atoms with Crippen LogP contribution in [0.15, 0.2) is 48.5 Å². The number of rotatable bonds is 5. The summed E-state index contributed by atoms with van der Waals surface area (Å²) in [5.41, 5.74) is 4.38. The van der Waals surface area contributed by atoms with E-state index in [0.29, 0.717) is 12.5 Å². The first-order valence-corrected chi connectivity index (χ1v) is 8.82. The summed E-state index contributed by atoms with van der Waals surface area (Å²) in [6, 6.07) is 16.7. The van der Waals surface area contributed by atoms with E-state index in [9.17, 15) is 4.79 Å². The molecule has 1 aliphatic rings. The minimum absolute atomic E-state index is 0.239. The normalized spacial score (nSPS) is 18.0. The molecule has 1 N–H and O–H groups in total. The van der Waals surface area contributed by atoms with Crippen molar-refractivity contribution in [2.75, 3.05) is 6.54 Å². The van der Waals surface area contributed by atoms with E-state index in [1.807, 2.05) is 24.3 Å². The van der Waals surface area contributed by atoms with Gasteiger partial charge in [0.05, 0.1) is 0 Å². The zero-order valence-corrected chi connectivity index (χ0v) is 14.3. The van der Waals surface area contributed by atoms with Gasteiger partial charge in [-0.2, -0.15) is 0 Å². The third-order valence-corrected chi connectivity index (χ3v) is 4.62. The van der Waals surface area contributed by atoms with Crippen LogP contribution in [0.5, 0.6) is 0 Å². The van der Waals surface area contributed by atoms with Crippen molar-refractivity contribution in [2.45, 2.75) is 38.6 Å². The van der Waals surface area contributed by atoms with E-state index in [-0.39, 0.29) is 5.78 Å². The Hall–Kier alpha value is -2.19. The van der Waals surface area contributed by atoms with Crippen LogP contribution in [0.3, 0.4) is 0 Å². The lowest BCUT2D eigenvalue weighted by Gasteiger charge is -2.22. The molecule has 1 unspecified atom stereocenters. The number of nitrogens with one attached hydrogen (secondary N) is 1. The highest BCUT2D eigenvalue weighted by molar-refractivity contribution is 5.96. The van der Waals surface area contributed by atoms with Gasteiger partial charge in [-0.25, -0.2) is 0 Å². The van der Waals surface area contributed by atoms with E-state index in [1.54, 1.807) is 0 Å².